The molecule has 0 saturated carbocycles. The maximum absolute atomic E-state index is 5.34. The van der Waals surface area contributed by atoms with E-state index >= 15 is 0 Å². The lowest BCUT2D eigenvalue weighted by molar-refractivity contribution is 1.28. The first kappa shape index (κ1) is 10.8. The molecular weight excluding hydrogens is 246 g/mol. The van der Waals surface area contributed by atoms with E-state index in [1.165, 1.54) is 0 Å². The van der Waals surface area contributed by atoms with Crippen molar-refractivity contribution < 1.29 is 0 Å². The summed E-state index contributed by atoms with van der Waals surface area (Å²) in [5, 5.41) is 8.82. The number of nitrogens with one attached hydrogen (secondary N) is 1. The zero-order valence-corrected chi connectivity index (χ0v) is 10.1. The van der Waals surface area contributed by atoms with Crippen molar-refractivity contribution in [2.45, 2.75) is 0 Å². The van der Waals surface area contributed by atoms with Gasteiger partial charge in [0, 0.05) is 23.3 Å². The van der Waals surface area contributed by atoms with Gasteiger partial charge in [-0.05, 0) is 36.5 Å². The second-order valence-corrected chi connectivity index (χ2v) is 4.16. The van der Waals surface area contributed by atoms with Crippen molar-refractivity contribution in [3.05, 3.63) is 36.7 Å². The van der Waals surface area contributed by atoms with E-state index in [0.29, 0.717) is 0 Å². The van der Waals surface area contributed by atoms with Crippen LogP contribution in [0.5, 0.6) is 0 Å². The number of hydrogen-bond donors (Lipinski definition) is 2. The fourth-order valence-corrected chi connectivity index (χ4v) is 2.02. The van der Waals surface area contributed by atoms with E-state index in [1.807, 2.05) is 30.5 Å². The summed E-state index contributed by atoms with van der Waals surface area (Å²) in [7, 11) is 0. The van der Waals surface area contributed by atoms with Crippen LogP contribution in [0.4, 0.5) is 5.69 Å². The van der Waals surface area contributed by atoms with Gasteiger partial charge in [-0.1, -0.05) is 0 Å². The zero-order valence-electron chi connectivity index (χ0n) is 9.29. The molecule has 2 heterocycles. The number of hydrogen-bond acceptors (Lipinski definition) is 3. The average molecular weight is 255 g/mol. The van der Waals surface area contributed by atoms with Crippen LogP contribution in [0.2, 0.25) is 0 Å². The van der Waals surface area contributed by atoms with Crippen LogP contribution in [0, 0.1) is 0 Å². The molecule has 2 aliphatic rings. The Morgan fingerprint density at radius 2 is 2.22 bits per heavy atom. The summed E-state index contributed by atoms with van der Waals surface area (Å²) in [6.45, 7) is 0. The molecule has 0 fully saturated rings. The maximum atomic E-state index is 5.34. The average Bonchev–Trinajstić information content (AvgIpc) is 2.71. The Morgan fingerprint density at radius 1 is 1.33 bits per heavy atom. The first-order valence-electron chi connectivity index (χ1n) is 5.32. The van der Waals surface area contributed by atoms with E-state index in [9.17, 15) is 0 Å². The van der Waals surface area contributed by atoms with Crippen molar-refractivity contribution in [3.63, 3.8) is 0 Å². The summed E-state index contributed by atoms with van der Waals surface area (Å²) >= 11 is 4.71. The number of azo groups is 1. The topological polar surface area (TPSA) is 79.4 Å². The van der Waals surface area contributed by atoms with Crippen LogP contribution in [0.25, 0.3) is 22.2 Å². The number of nitrogens with zero attached hydrogens (tertiary/aromatic N) is 3. The van der Waals surface area contributed by atoms with Gasteiger partial charge in [0.15, 0.2) is 0 Å². The Hall–Kier alpha value is -2.34. The minimum atomic E-state index is 0.0151. The van der Waals surface area contributed by atoms with Crippen LogP contribution in [0.3, 0.4) is 0 Å². The lowest BCUT2D eigenvalue weighted by atomic mass is 10.2. The molecule has 1 aliphatic carbocycles. The zero-order chi connectivity index (χ0) is 12.5. The highest BCUT2D eigenvalue weighted by Gasteiger charge is 2.18. The third kappa shape index (κ3) is 1.63. The van der Waals surface area contributed by atoms with Gasteiger partial charge in [0.2, 0.25) is 5.11 Å². The Bertz CT molecular complexity index is 730. The molecule has 1 aromatic heterocycles. The largest absolute Gasteiger partial charge is 0.373 e. The van der Waals surface area contributed by atoms with Crippen LogP contribution < -0.4 is 5.73 Å². The molecule has 5 nitrogen and oxygen atoms in total. The highest BCUT2D eigenvalue weighted by Crippen LogP contribution is 2.42. The third-order valence-corrected chi connectivity index (χ3v) is 2.74. The van der Waals surface area contributed by atoms with Crippen molar-refractivity contribution in [2.24, 2.45) is 16.0 Å². The molecule has 0 atom stereocenters. The van der Waals surface area contributed by atoms with Crippen LogP contribution in [0.1, 0.15) is 0 Å². The Balaban J connectivity index is 2.36. The van der Waals surface area contributed by atoms with Gasteiger partial charge in [0.25, 0.3) is 0 Å². The summed E-state index contributed by atoms with van der Waals surface area (Å²) < 4.78 is 0. The number of nitrogens with two attached hydrogens (primary N) is 1. The van der Waals surface area contributed by atoms with Gasteiger partial charge in [-0.3, -0.25) is 4.98 Å². The van der Waals surface area contributed by atoms with Gasteiger partial charge in [-0.25, -0.2) is 0 Å². The number of aromatic nitrogens is 2. The van der Waals surface area contributed by atoms with E-state index in [1.54, 1.807) is 6.20 Å². The number of aromatic amines is 1. The fourth-order valence-electron chi connectivity index (χ4n) is 1.98. The number of fused-ring (bicyclic) bond motifs is 3. The summed E-state index contributed by atoms with van der Waals surface area (Å²) in [5.41, 5.74) is 8.83. The summed E-state index contributed by atoms with van der Waals surface area (Å²) in [4.78, 5) is 7.53. The van der Waals surface area contributed by atoms with Crippen LogP contribution in [0.15, 0.2) is 46.9 Å². The first-order valence-corrected chi connectivity index (χ1v) is 5.73. The van der Waals surface area contributed by atoms with Gasteiger partial charge in [0.05, 0.1) is 11.2 Å². The Morgan fingerprint density at radius 3 is 3.06 bits per heavy atom. The summed E-state index contributed by atoms with van der Waals surface area (Å²) in [5.74, 6) is 0. The number of H-pyrrole nitrogens is 1. The molecule has 88 valence electrons. The predicted molar refractivity (Wildman–Crippen MR) is 74.0 cm³/mol. The molecule has 18 heavy (non-hydrogen) atoms. The highest BCUT2D eigenvalue weighted by atomic mass is 32.1. The third-order valence-electron chi connectivity index (χ3n) is 2.66. The monoisotopic (exact) mass is 255 g/mol. The lowest BCUT2D eigenvalue weighted by Gasteiger charge is -1.98. The SMILES string of the molecule is NC(=S)N=Nc1c2ccc[nH]c-2c2ncccc12. The van der Waals surface area contributed by atoms with Gasteiger partial charge in [-0.15, -0.1) is 10.2 Å². The molecule has 0 amide bonds. The molecule has 3 N–H and O–H groups in total. The second-order valence-electron chi connectivity index (χ2n) is 3.75. The standard InChI is InChI=1S/C12H9N5S/c13-12(18)17-16-9-7-3-1-5-14-10(7)11-8(9)4-2-6-15-11/h1-6,14H,(H2,13,18). The molecule has 1 aliphatic heterocycles. The van der Waals surface area contributed by atoms with Crippen LogP contribution >= 0.6 is 12.2 Å². The highest BCUT2D eigenvalue weighted by molar-refractivity contribution is 7.80. The van der Waals surface area contributed by atoms with Gasteiger partial charge < -0.3 is 10.7 Å². The molecule has 0 spiro atoms. The van der Waals surface area contributed by atoms with Crippen molar-refractivity contribution in [3.8, 4) is 11.3 Å². The smallest absolute Gasteiger partial charge is 0.211 e. The molecule has 1 aromatic rings. The van der Waals surface area contributed by atoms with E-state index in [2.05, 4.69) is 20.2 Å². The number of pyridine rings is 2. The normalized spacial score (nSPS) is 11.6. The molecule has 6 heteroatoms. The lowest BCUT2D eigenvalue weighted by Crippen LogP contribution is -2.01. The second kappa shape index (κ2) is 4.15. The summed E-state index contributed by atoms with van der Waals surface area (Å²) in [6.07, 6.45) is 3.60. The van der Waals surface area contributed by atoms with Crippen LogP contribution in [-0.2, 0) is 0 Å². The minimum absolute atomic E-state index is 0.0151. The molecule has 0 aromatic carbocycles. The van der Waals surface area contributed by atoms with E-state index in [-0.39, 0.29) is 5.11 Å². The molecular formula is C12H9N5S. The maximum Gasteiger partial charge on any atom is 0.211 e. The Labute approximate surface area is 108 Å². The minimum Gasteiger partial charge on any atom is -0.373 e. The van der Waals surface area contributed by atoms with E-state index in [4.69, 9.17) is 18.0 Å². The van der Waals surface area contributed by atoms with Gasteiger partial charge >= 0.3 is 0 Å². The van der Waals surface area contributed by atoms with Gasteiger partial charge in [-0.2, -0.15) is 0 Å². The molecule has 0 bridgehead atoms. The van der Waals surface area contributed by atoms with Gasteiger partial charge in [0.1, 0.15) is 5.69 Å². The Kier molecular flexibility index (Phi) is 2.49. The van der Waals surface area contributed by atoms with Crippen molar-refractivity contribution >= 4 is 33.9 Å². The quantitative estimate of drug-likeness (QED) is 0.518. The van der Waals surface area contributed by atoms with Crippen LogP contribution in [-0.4, -0.2) is 15.1 Å². The fraction of sp³-hybridized carbons (Fsp3) is 0. The first-order chi connectivity index (χ1) is 8.77. The molecule has 0 saturated heterocycles. The van der Waals surface area contributed by atoms with E-state index in [0.717, 1.165) is 27.8 Å². The summed E-state index contributed by atoms with van der Waals surface area (Å²) in [6, 6.07) is 7.67. The van der Waals surface area contributed by atoms with Crippen molar-refractivity contribution in [1.82, 2.24) is 9.97 Å². The van der Waals surface area contributed by atoms with E-state index < -0.39 is 0 Å². The number of thiocarbonyl (C=S) groups is 1. The molecule has 3 rings (SSSR count). The van der Waals surface area contributed by atoms with Crippen molar-refractivity contribution in [1.29, 1.82) is 0 Å². The van der Waals surface area contributed by atoms with Crippen molar-refractivity contribution in [2.75, 3.05) is 0 Å². The molecule has 0 unspecified atom stereocenters. The number of rotatable bonds is 1. The predicted octanol–water partition coefficient (Wildman–Crippen LogP) is 3.00. The molecule has 0 radical (unpaired) electrons.